The summed E-state index contributed by atoms with van der Waals surface area (Å²) in [7, 11) is 0. The van der Waals surface area contributed by atoms with Crippen LogP contribution >= 0.6 is 0 Å². The van der Waals surface area contributed by atoms with Gasteiger partial charge < -0.3 is 0 Å². The third-order valence-electron chi connectivity index (χ3n) is 17.5. The highest BCUT2D eigenvalue weighted by Gasteiger charge is 2.55. The SMILES string of the molecule is Cc1ccccc1[I+]c1ccccc1.Cc1ccccc1[I+]c1ccccc1.Fc1c(F)c(F)c([B-](c2c(F)c(F)c(F)c(F)c2F)(c2c(F)c(F)c(F)c(F)c2F)c2c(F)c(F)c(F)c(F)c2F)c(F)c1F.Fc1c(F)c(F)c([B-](c2c(F)c(F)c(F)c(F)c2F)(c2c(F)c(F)c(F)c(F)c2F)c2c(F)c(F)c(F)c(F)c2F)c(F)c1F. The van der Waals surface area contributed by atoms with Gasteiger partial charge in [0.2, 0.25) is 0 Å². The van der Waals surface area contributed by atoms with Gasteiger partial charge in [-0.3, -0.25) is 0 Å². The average molecular weight is 1950 g/mol. The number of aryl methyl sites for hydroxylation is 2. The normalized spacial score (nSPS) is 11.5. The first kappa shape index (κ1) is 91.3. The Morgan fingerprint density at radius 2 is 0.254 bits per heavy atom. The lowest BCUT2D eigenvalue weighted by Crippen LogP contribution is -3.61. The molecular weight excluding hydrogens is 1920 g/mol. The number of rotatable bonds is 12. The molecule has 0 spiro atoms. The van der Waals surface area contributed by atoms with Crippen molar-refractivity contribution in [3.05, 3.63) is 367 Å². The molecule has 0 N–H and O–H groups in total. The first-order valence-electron chi connectivity index (χ1n) is 31.1. The van der Waals surface area contributed by atoms with E-state index in [-0.39, 0.29) is 42.4 Å². The summed E-state index contributed by atoms with van der Waals surface area (Å²) in [6, 6.07) is 38.9. The second kappa shape index (κ2) is 35.2. The van der Waals surface area contributed by atoms with Gasteiger partial charge in [0, 0.05) is 11.1 Å². The maximum atomic E-state index is 15.4. The molecule has 0 heterocycles. The molecular formula is C74H24B2F40I2. The van der Waals surface area contributed by atoms with E-state index in [2.05, 4.69) is 123 Å². The number of halogens is 42. The molecule has 118 heavy (non-hydrogen) atoms. The lowest BCUT2D eigenvalue weighted by molar-refractivity contribution is -0.598. The molecule has 0 bridgehead atoms. The van der Waals surface area contributed by atoms with Crippen molar-refractivity contribution < 1.29 is 218 Å². The van der Waals surface area contributed by atoms with Crippen molar-refractivity contribution in [2.75, 3.05) is 0 Å². The van der Waals surface area contributed by atoms with Crippen LogP contribution in [0, 0.1) is 261 Å². The Morgan fingerprint density at radius 3 is 0.381 bits per heavy atom. The molecule has 0 fully saturated rings. The van der Waals surface area contributed by atoms with Gasteiger partial charge in [-0.1, -0.05) is 72.8 Å². The highest BCUT2D eigenvalue weighted by molar-refractivity contribution is 7.21. The Balaban J connectivity index is 0.000000202. The van der Waals surface area contributed by atoms with Crippen molar-refractivity contribution in [1.29, 1.82) is 0 Å². The lowest BCUT2D eigenvalue weighted by Gasteiger charge is -2.44. The van der Waals surface area contributed by atoms with Crippen LogP contribution in [0.4, 0.5) is 176 Å². The molecule has 44 heteroatoms. The fraction of sp³-hybridized carbons (Fsp3) is 0.0270. The zero-order chi connectivity index (χ0) is 88.3. The summed E-state index contributed by atoms with van der Waals surface area (Å²) in [6.45, 7) is 4.38. The minimum atomic E-state index is -7.22. The zero-order valence-corrected chi connectivity index (χ0v) is 60.7. The largest absolute Gasteiger partial charge is 0.358 e. The fourth-order valence-electron chi connectivity index (χ4n) is 12.3. The van der Waals surface area contributed by atoms with Gasteiger partial charge in [-0.2, -0.15) is 0 Å². The molecule has 0 aliphatic carbocycles. The molecule has 0 amide bonds. The van der Waals surface area contributed by atoms with Gasteiger partial charge >= 0.3 is 42.4 Å². The Bertz CT molecular complexity index is 4900. The van der Waals surface area contributed by atoms with E-state index >= 15 is 70.2 Å². The molecule has 0 aromatic heterocycles. The van der Waals surface area contributed by atoms with Crippen molar-refractivity contribution in [1.82, 2.24) is 0 Å². The van der Waals surface area contributed by atoms with E-state index < -0.39 is 289 Å². The van der Waals surface area contributed by atoms with Gasteiger partial charge in [0.05, 0.1) is 0 Å². The molecule has 12 aromatic carbocycles. The molecule has 0 saturated carbocycles. The summed E-state index contributed by atoms with van der Waals surface area (Å²) < 4.78 is 594. The molecule has 0 saturated heterocycles. The number of hydrogen-bond acceptors (Lipinski definition) is 0. The lowest BCUT2D eigenvalue weighted by atomic mass is 9.12. The summed E-state index contributed by atoms with van der Waals surface area (Å²) in [4.78, 5) is 0. The summed E-state index contributed by atoms with van der Waals surface area (Å²) in [5, 5.41) is 0. The molecule has 12 aromatic rings. The van der Waals surface area contributed by atoms with E-state index in [1.165, 1.54) is 25.4 Å². The quantitative estimate of drug-likeness (QED) is 0.0376. The molecule has 0 radical (unpaired) electrons. The predicted molar refractivity (Wildman–Crippen MR) is 328 cm³/mol. The van der Waals surface area contributed by atoms with Crippen LogP contribution in [0.3, 0.4) is 0 Å². The molecule has 0 aliphatic heterocycles. The Hall–Kier alpha value is -10.6. The second-order valence-corrected chi connectivity index (χ2v) is 29.8. The number of hydrogen-bond donors (Lipinski definition) is 0. The van der Waals surface area contributed by atoms with Crippen LogP contribution in [0.1, 0.15) is 11.1 Å². The van der Waals surface area contributed by atoms with E-state index in [1.54, 1.807) is 0 Å². The van der Waals surface area contributed by atoms with Crippen LogP contribution in [0.15, 0.2) is 109 Å². The van der Waals surface area contributed by atoms with Crippen LogP contribution < -0.4 is 86.1 Å². The van der Waals surface area contributed by atoms with E-state index in [0.717, 1.165) is 0 Å². The van der Waals surface area contributed by atoms with Crippen LogP contribution in [0.5, 0.6) is 0 Å². The molecule has 0 aliphatic rings. The van der Waals surface area contributed by atoms with Gasteiger partial charge in [-0.25, -0.2) is 176 Å². The monoisotopic (exact) mass is 1950 g/mol. The molecule has 12 rings (SSSR count). The van der Waals surface area contributed by atoms with Crippen molar-refractivity contribution >= 4 is 56.0 Å². The molecule has 0 atom stereocenters. The predicted octanol–water partition coefficient (Wildman–Crippen LogP) is 11.9. The highest BCUT2D eigenvalue weighted by Crippen LogP contribution is 2.35. The van der Waals surface area contributed by atoms with Crippen molar-refractivity contribution in [2.24, 2.45) is 0 Å². The van der Waals surface area contributed by atoms with E-state index in [1.807, 2.05) is 0 Å². The average Bonchev–Trinajstić information content (AvgIpc) is 0.685. The maximum Gasteiger partial charge on any atom is 0.358 e. The van der Waals surface area contributed by atoms with Gasteiger partial charge in [0.1, 0.15) is 105 Å². The summed E-state index contributed by atoms with van der Waals surface area (Å²) in [5.74, 6) is -143. The summed E-state index contributed by atoms with van der Waals surface area (Å²) >= 11 is 0.0140. The smallest absolute Gasteiger partial charge is 0.207 e. The van der Waals surface area contributed by atoms with Gasteiger partial charge in [-0.05, 0) is 50.2 Å². The third kappa shape index (κ3) is 15.2. The third-order valence-corrected chi connectivity index (χ3v) is 23.7. The Morgan fingerprint density at radius 1 is 0.144 bits per heavy atom. The van der Waals surface area contributed by atoms with Crippen LogP contribution in [-0.2, 0) is 0 Å². The van der Waals surface area contributed by atoms with Gasteiger partial charge in [-0.15, -0.1) is 43.7 Å². The molecule has 0 unspecified atom stereocenters. The maximum absolute atomic E-state index is 15.4. The minimum absolute atomic E-state index is 0.00698. The zero-order valence-electron chi connectivity index (χ0n) is 56.4. The summed E-state index contributed by atoms with van der Waals surface area (Å²) in [6.07, 6.45) is -14.4. The fourth-order valence-corrected chi connectivity index (χ4v) is 17.1. The Labute approximate surface area is 652 Å². The van der Waals surface area contributed by atoms with E-state index in [4.69, 9.17) is 0 Å². The highest BCUT2D eigenvalue weighted by atomic mass is 127. The van der Waals surface area contributed by atoms with Crippen molar-refractivity contribution in [3.8, 4) is 0 Å². The van der Waals surface area contributed by atoms with Crippen molar-refractivity contribution in [2.45, 2.75) is 13.8 Å². The van der Waals surface area contributed by atoms with Crippen molar-refractivity contribution in [3.63, 3.8) is 0 Å². The van der Waals surface area contributed by atoms with E-state index in [0.29, 0.717) is 0 Å². The number of benzene rings is 12. The topological polar surface area (TPSA) is 0 Å². The second-order valence-electron chi connectivity index (χ2n) is 23.9. The summed E-state index contributed by atoms with van der Waals surface area (Å²) in [5.41, 5.74) is -25.8. The van der Waals surface area contributed by atoms with E-state index in [9.17, 15) is 105 Å². The molecule has 620 valence electrons. The van der Waals surface area contributed by atoms with Crippen LogP contribution in [0.25, 0.3) is 0 Å². The Kier molecular flexibility index (Phi) is 27.2. The molecule has 0 nitrogen and oxygen atoms in total. The van der Waals surface area contributed by atoms with Crippen LogP contribution in [-0.4, -0.2) is 12.3 Å². The minimum Gasteiger partial charge on any atom is -0.207 e. The standard InChI is InChI=1S/2C24BF20.2C13H12I/c2*26-5-1(6(27)14(35)21(42)13(5)34)25(2-7(28)15(36)22(43)16(37)8(2)29,3-9(30)17(38)23(44)18(39)10(3)31)4-11(32)19(40)24(45)20(41)12(4)33;2*1-11-7-5-6-10-13(11)14-12-8-3-2-4-9-12/h;;2*2-10H,1H3/q2*-1;2*+1. The first-order chi connectivity index (χ1) is 55.1. The van der Waals surface area contributed by atoms with Gasteiger partial charge in [0.25, 0.3) is 0 Å². The first-order valence-corrected chi connectivity index (χ1v) is 35.4. The van der Waals surface area contributed by atoms with Crippen LogP contribution in [0.2, 0.25) is 0 Å². The van der Waals surface area contributed by atoms with Gasteiger partial charge in [0.15, 0.2) is 154 Å².